The molecule has 1 aromatic carbocycles. The molecule has 5 nitrogen and oxygen atoms in total. The van der Waals surface area contributed by atoms with Crippen molar-refractivity contribution in [3.05, 3.63) is 36.2 Å². The molecule has 0 saturated carbocycles. The van der Waals surface area contributed by atoms with Crippen LogP contribution >= 0.6 is 0 Å². The smallest absolute Gasteiger partial charge is 0.222 e. The van der Waals surface area contributed by atoms with Gasteiger partial charge in [0.2, 0.25) is 5.95 Å². The standard InChI is InChI=1S/C15H14N4O/c16-5-1-6-17-15-18-9-13(10-19-15)11-2-3-14-12(8-11)4-7-20-14/h2-3,8-10H,1,4,6-7H2,(H,17,18,19). The Morgan fingerprint density at radius 1 is 1.25 bits per heavy atom. The van der Waals surface area contributed by atoms with Crippen molar-refractivity contribution >= 4 is 5.95 Å². The van der Waals surface area contributed by atoms with Crippen molar-refractivity contribution in [1.82, 2.24) is 9.97 Å². The van der Waals surface area contributed by atoms with Crippen LogP contribution in [0.1, 0.15) is 12.0 Å². The lowest BCUT2D eigenvalue weighted by atomic mass is 10.0. The van der Waals surface area contributed by atoms with E-state index in [9.17, 15) is 0 Å². The van der Waals surface area contributed by atoms with Gasteiger partial charge in [0.15, 0.2) is 0 Å². The fourth-order valence-corrected chi connectivity index (χ4v) is 2.16. The summed E-state index contributed by atoms with van der Waals surface area (Å²) in [7, 11) is 0. The molecule has 1 aliphatic heterocycles. The highest BCUT2D eigenvalue weighted by atomic mass is 16.5. The van der Waals surface area contributed by atoms with E-state index in [1.807, 2.05) is 12.1 Å². The van der Waals surface area contributed by atoms with Gasteiger partial charge in [-0.3, -0.25) is 0 Å². The summed E-state index contributed by atoms with van der Waals surface area (Å²) < 4.78 is 5.50. The van der Waals surface area contributed by atoms with Crippen molar-refractivity contribution in [1.29, 1.82) is 5.26 Å². The monoisotopic (exact) mass is 266 g/mol. The summed E-state index contributed by atoms with van der Waals surface area (Å²) in [6, 6.07) is 8.21. The Kier molecular flexibility index (Phi) is 3.46. The number of anilines is 1. The van der Waals surface area contributed by atoms with Gasteiger partial charge in [-0.15, -0.1) is 0 Å². The molecule has 0 amide bonds. The highest BCUT2D eigenvalue weighted by Gasteiger charge is 2.12. The maximum Gasteiger partial charge on any atom is 0.222 e. The van der Waals surface area contributed by atoms with E-state index >= 15 is 0 Å². The van der Waals surface area contributed by atoms with Gasteiger partial charge >= 0.3 is 0 Å². The lowest BCUT2D eigenvalue weighted by Gasteiger charge is -2.05. The fourth-order valence-electron chi connectivity index (χ4n) is 2.16. The molecular weight excluding hydrogens is 252 g/mol. The van der Waals surface area contributed by atoms with Crippen LogP contribution in [0.3, 0.4) is 0 Å². The number of aromatic nitrogens is 2. The third-order valence-corrected chi connectivity index (χ3v) is 3.19. The van der Waals surface area contributed by atoms with Crippen LogP contribution in [0, 0.1) is 11.3 Å². The summed E-state index contributed by atoms with van der Waals surface area (Å²) in [6.45, 7) is 1.32. The summed E-state index contributed by atoms with van der Waals surface area (Å²) in [5.74, 6) is 1.53. The second kappa shape index (κ2) is 5.57. The van der Waals surface area contributed by atoms with Gasteiger partial charge in [-0.1, -0.05) is 6.07 Å². The van der Waals surface area contributed by atoms with E-state index in [2.05, 4.69) is 27.4 Å². The van der Waals surface area contributed by atoms with Crippen molar-refractivity contribution in [3.8, 4) is 22.9 Å². The fraction of sp³-hybridized carbons (Fsp3) is 0.267. The molecule has 0 bridgehead atoms. The second-order valence-corrected chi connectivity index (χ2v) is 4.55. The Labute approximate surface area is 117 Å². The molecule has 0 spiro atoms. The third kappa shape index (κ3) is 2.54. The van der Waals surface area contributed by atoms with Crippen molar-refractivity contribution in [2.75, 3.05) is 18.5 Å². The molecule has 2 aromatic rings. The van der Waals surface area contributed by atoms with Crippen LogP contribution < -0.4 is 10.1 Å². The Morgan fingerprint density at radius 2 is 2.10 bits per heavy atom. The number of benzene rings is 1. The van der Waals surface area contributed by atoms with Crippen LogP contribution in [0.2, 0.25) is 0 Å². The van der Waals surface area contributed by atoms with E-state index < -0.39 is 0 Å². The molecule has 5 heteroatoms. The Morgan fingerprint density at radius 3 is 2.90 bits per heavy atom. The summed E-state index contributed by atoms with van der Waals surface area (Å²) in [5.41, 5.74) is 3.31. The molecule has 0 aliphatic carbocycles. The number of rotatable bonds is 4. The molecule has 0 fully saturated rings. The Balaban J connectivity index is 1.76. The van der Waals surface area contributed by atoms with Gasteiger partial charge in [-0.2, -0.15) is 5.26 Å². The molecular formula is C15H14N4O. The first-order valence-electron chi connectivity index (χ1n) is 6.56. The number of hydrogen-bond donors (Lipinski definition) is 1. The number of fused-ring (bicyclic) bond motifs is 1. The molecule has 100 valence electrons. The van der Waals surface area contributed by atoms with Gasteiger partial charge in [-0.05, 0) is 23.3 Å². The SMILES string of the molecule is N#CCCNc1ncc(-c2ccc3c(c2)CCO3)cn1. The van der Waals surface area contributed by atoms with Gasteiger partial charge in [0.25, 0.3) is 0 Å². The number of hydrogen-bond acceptors (Lipinski definition) is 5. The van der Waals surface area contributed by atoms with Crippen LogP contribution in [0.5, 0.6) is 5.75 Å². The average molecular weight is 266 g/mol. The summed E-state index contributed by atoms with van der Waals surface area (Å²) >= 11 is 0. The number of nitrogens with zero attached hydrogens (tertiary/aromatic N) is 3. The van der Waals surface area contributed by atoms with E-state index in [0.717, 1.165) is 29.9 Å². The first-order chi connectivity index (χ1) is 9.86. The molecule has 20 heavy (non-hydrogen) atoms. The van der Waals surface area contributed by atoms with Gasteiger partial charge in [-0.25, -0.2) is 9.97 Å². The van der Waals surface area contributed by atoms with Gasteiger partial charge < -0.3 is 10.1 Å². The largest absolute Gasteiger partial charge is 0.493 e. The normalized spacial score (nSPS) is 12.3. The van der Waals surface area contributed by atoms with Gasteiger partial charge in [0, 0.05) is 30.9 Å². The number of nitriles is 1. The highest BCUT2D eigenvalue weighted by molar-refractivity contribution is 5.65. The van der Waals surface area contributed by atoms with Crippen molar-refractivity contribution < 1.29 is 4.74 Å². The second-order valence-electron chi connectivity index (χ2n) is 4.55. The van der Waals surface area contributed by atoms with E-state index in [0.29, 0.717) is 18.9 Å². The summed E-state index contributed by atoms with van der Waals surface area (Å²) in [5, 5.41) is 11.5. The molecule has 0 radical (unpaired) electrons. The summed E-state index contributed by atoms with van der Waals surface area (Å²) in [6.07, 6.45) is 4.98. The topological polar surface area (TPSA) is 70.8 Å². The minimum atomic E-state index is 0.440. The minimum Gasteiger partial charge on any atom is -0.493 e. The lowest BCUT2D eigenvalue weighted by Crippen LogP contribution is -2.04. The zero-order valence-electron chi connectivity index (χ0n) is 11.0. The quantitative estimate of drug-likeness (QED) is 0.860. The van der Waals surface area contributed by atoms with Crippen LogP contribution in [-0.4, -0.2) is 23.1 Å². The average Bonchev–Trinajstić information content (AvgIpc) is 2.96. The van der Waals surface area contributed by atoms with E-state index in [1.165, 1.54) is 5.56 Å². The van der Waals surface area contributed by atoms with Gasteiger partial charge in [0.1, 0.15) is 5.75 Å². The van der Waals surface area contributed by atoms with Crippen molar-refractivity contribution in [2.24, 2.45) is 0 Å². The summed E-state index contributed by atoms with van der Waals surface area (Å²) in [4.78, 5) is 8.52. The number of nitrogens with one attached hydrogen (secondary N) is 1. The predicted octanol–water partition coefficient (Wildman–Crippen LogP) is 2.40. The maximum atomic E-state index is 8.47. The zero-order valence-corrected chi connectivity index (χ0v) is 11.0. The van der Waals surface area contributed by atoms with Gasteiger partial charge in [0.05, 0.1) is 19.1 Å². The maximum absolute atomic E-state index is 8.47. The molecule has 3 rings (SSSR count). The van der Waals surface area contributed by atoms with E-state index in [-0.39, 0.29) is 0 Å². The minimum absolute atomic E-state index is 0.440. The molecule has 0 saturated heterocycles. The molecule has 1 aromatic heterocycles. The van der Waals surface area contributed by atoms with E-state index in [4.69, 9.17) is 10.00 Å². The first kappa shape index (κ1) is 12.4. The molecule has 1 N–H and O–H groups in total. The Bertz CT molecular complexity index is 646. The van der Waals surface area contributed by atoms with Crippen LogP contribution in [0.25, 0.3) is 11.1 Å². The molecule has 0 unspecified atom stereocenters. The molecule has 2 heterocycles. The third-order valence-electron chi connectivity index (χ3n) is 3.19. The predicted molar refractivity (Wildman–Crippen MR) is 75.4 cm³/mol. The van der Waals surface area contributed by atoms with Crippen LogP contribution in [0.4, 0.5) is 5.95 Å². The van der Waals surface area contributed by atoms with Crippen LogP contribution in [-0.2, 0) is 6.42 Å². The Hall–Kier alpha value is -2.61. The number of ether oxygens (including phenoxy) is 1. The van der Waals surface area contributed by atoms with Crippen molar-refractivity contribution in [3.63, 3.8) is 0 Å². The molecule has 1 aliphatic rings. The zero-order chi connectivity index (χ0) is 13.8. The van der Waals surface area contributed by atoms with E-state index in [1.54, 1.807) is 12.4 Å². The van der Waals surface area contributed by atoms with Crippen molar-refractivity contribution in [2.45, 2.75) is 12.8 Å². The first-order valence-corrected chi connectivity index (χ1v) is 6.56. The highest BCUT2D eigenvalue weighted by Crippen LogP contribution is 2.30. The molecule has 0 atom stereocenters. The lowest BCUT2D eigenvalue weighted by molar-refractivity contribution is 0.357. The van der Waals surface area contributed by atoms with Crippen LogP contribution in [0.15, 0.2) is 30.6 Å².